The lowest BCUT2D eigenvalue weighted by atomic mass is 10.0. The van der Waals surface area contributed by atoms with Crippen molar-refractivity contribution in [2.24, 2.45) is 0 Å². The fourth-order valence-corrected chi connectivity index (χ4v) is 2.48. The normalized spacial score (nSPS) is 18.2. The summed E-state index contributed by atoms with van der Waals surface area (Å²) in [7, 11) is 1.96. The average Bonchev–Trinajstić information content (AvgIpc) is 2.64. The van der Waals surface area contributed by atoms with Gasteiger partial charge >= 0.3 is 0 Å². The summed E-state index contributed by atoms with van der Waals surface area (Å²) >= 11 is 0. The van der Waals surface area contributed by atoms with Gasteiger partial charge in [-0.1, -0.05) is 25.7 Å². The van der Waals surface area contributed by atoms with Crippen molar-refractivity contribution in [3.8, 4) is 0 Å². The molecule has 4 heteroatoms. The number of rotatable bonds is 5. The Balaban J connectivity index is 1.87. The van der Waals surface area contributed by atoms with Gasteiger partial charge in [0.1, 0.15) is 0 Å². The van der Waals surface area contributed by atoms with Crippen LogP contribution in [0, 0.1) is 0 Å². The van der Waals surface area contributed by atoms with E-state index in [9.17, 15) is 0 Å². The molecule has 96 valence electrons. The molecule has 1 N–H and O–H groups in total. The number of hydrogen-bond donors (Lipinski definition) is 1. The van der Waals surface area contributed by atoms with Crippen LogP contribution in [0.3, 0.4) is 0 Å². The molecule has 1 aliphatic rings. The van der Waals surface area contributed by atoms with Crippen molar-refractivity contribution in [3.63, 3.8) is 0 Å². The van der Waals surface area contributed by atoms with E-state index < -0.39 is 0 Å². The molecule has 0 atom stereocenters. The van der Waals surface area contributed by atoms with Crippen LogP contribution in [-0.4, -0.2) is 23.8 Å². The molecule has 0 saturated heterocycles. The van der Waals surface area contributed by atoms with Crippen LogP contribution in [-0.2, 0) is 6.42 Å². The molecule has 0 bridgehead atoms. The van der Waals surface area contributed by atoms with E-state index in [1.807, 2.05) is 7.05 Å². The Morgan fingerprint density at radius 3 is 2.65 bits per heavy atom. The Labute approximate surface area is 103 Å². The molecule has 1 saturated carbocycles. The SMILES string of the molecule is CNCCCc1nnc(C2CCCCCC2)o1. The van der Waals surface area contributed by atoms with Crippen LogP contribution < -0.4 is 5.32 Å². The predicted octanol–water partition coefficient (Wildman–Crippen LogP) is 2.66. The van der Waals surface area contributed by atoms with E-state index in [2.05, 4.69) is 15.5 Å². The molecule has 0 amide bonds. The molecule has 0 spiro atoms. The van der Waals surface area contributed by atoms with Gasteiger partial charge in [0.2, 0.25) is 11.8 Å². The molecule has 17 heavy (non-hydrogen) atoms. The Hall–Kier alpha value is -0.900. The van der Waals surface area contributed by atoms with Crippen molar-refractivity contribution >= 4 is 0 Å². The monoisotopic (exact) mass is 237 g/mol. The van der Waals surface area contributed by atoms with Crippen LogP contribution in [0.5, 0.6) is 0 Å². The molecule has 1 aliphatic carbocycles. The minimum Gasteiger partial charge on any atom is -0.425 e. The number of aromatic nitrogens is 2. The molecular weight excluding hydrogens is 214 g/mol. The molecule has 0 aliphatic heterocycles. The van der Waals surface area contributed by atoms with Gasteiger partial charge < -0.3 is 9.73 Å². The van der Waals surface area contributed by atoms with Crippen molar-refractivity contribution in [1.82, 2.24) is 15.5 Å². The van der Waals surface area contributed by atoms with Crippen molar-refractivity contribution < 1.29 is 4.42 Å². The zero-order chi connectivity index (χ0) is 11.9. The summed E-state index contributed by atoms with van der Waals surface area (Å²) in [6.07, 6.45) is 9.73. The highest BCUT2D eigenvalue weighted by atomic mass is 16.4. The van der Waals surface area contributed by atoms with Crippen LogP contribution in [0.1, 0.15) is 62.6 Å². The lowest BCUT2D eigenvalue weighted by Gasteiger charge is -2.07. The Morgan fingerprint density at radius 2 is 1.94 bits per heavy atom. The summed E-state index contributed by atoms with van der Waals surface area (Å²) in [5.41, 5.74) is 0. The first-order chi connectivity index (χ1) is 8.40. The third-order valence-corrected chi connectivity index (χ3v) is 3.50. The molecule has 2 rings (SSSR count). The van der Waals surface area contributed by atoms with Crippen LogP contribution in [0.15, 0.2) is 4.42 Å². The maximum atomic E-state index is 5.78. The summed E-state index contributed by atoms with van der Waals surface area (Å²) in [6.45, 7) is 1.00. The van der Waals surface area contributed by atoms with E-state index in [1.54, 1.807) is 0 Å². The van der Waals surface area contributed by atoms with Crippen molar-refractivity contribution in [3.05, 3.63) is 11.8 Å². The van der Waals surface area contributed by atoms with E-state index >= 15 is 0 Å². The number of nitrogens with zero attached hydrogens (tertiary/aromatic N) is 2. The Kier molecular flexibility index (Phi) is 4.98. The molecular formula is C13H23N3O. The molecule has 0 unspecified atom stereocenters. The van der Waals surface area contributed by atoms with Gasteiger partial charge in [0.05, 0.1) is 0 Å². The molecule has 4 nitrogen and oxygen atoms in total. The fourth-order valence-electron chi connectivity index (χ4n) is 2.48. The quantitative estimate of drug-likeness (QED) is 0.632. The predicted molar refractivity (Wildman–Crippen MR) is 67.0 cm³/mol. The highest BCUT2D eigenvalue weighted by Crippen LogP contribution is 2.30. The van der Waals surface area contributed by atoms with Crippen molar-refractivity contribution in [2.75, 3.05) is 13.6 Å². The van der Waals surface area contributed by atoms with E-state index in [0.717, 1.165) is 31.2 Å². The summed E-state index contributed by atoms with van der Waals surface area (Å²) in [5, 5.41) is 11.5. The average molecular weight is 237 g/mol. The van der Waals surface area contributed by atoms with E-state index in [4.69, 9.17) is 4.42 Å². The maximum absolute atomic E-state index is 5.78. The largest absolute Gasteiger partial charge is 0.425 e. The summed E-state index contributed by atoms with van der Waals surface area (Å²) in [6, 6.07) is 0. The third kappa shape index (κ3) is 3.80. The number of aryl methyl sites for hydroxylation is 1. The molecule has 1 aromatic rings. The second-order valence-corrected chi connectivity index (χ2v) is 4.93. The summed E-state index contributed by atoms with van der Waals surface area (Å²) < 4.78 is 5.78. The van der Waals surface area contributed by atoms with Crippen LogP contribution in [0.4, 0.5) is 0 Å². The molecule has 0 radical (unpaired) electrons. The van der Waals surface area contributed by atoms with Gasteiger partial charge in [-0.3, -0.25) is 0 Å². The van der Waals surface area contributed by atoms with Gasteiger partial charge in [-0.2, -0.15) is 0 Å². The zero-order valence-electron chi connectivity index (χ0n) is 10.7. The first-order valence-corrected chi connectivity index (χ1v) is 6.87. The van der Waals surface area contributed by atoms with Gasteiger partial charge in [-0.15, -0.1) is 10.2 Å². The minimum absolute atomic E-state index is 0.517. The van der Waals surface area contributed by atoms with E-state index in [1.165, 1.54) is 38.5 Å². The van der Waals surface area contributed by atoms with E-state index in [-0.39, 0.29) is 0 Å². The Morgan fingerprint density at radius 1 is 1.18 bits per heavy atom. The topological polar surface area (TPSA) is 51.0 Å². The lowest BCUT2D eigenvalue weighted by Crippen LogP contribution is -2.08. The van der Waals surface area contributed by atoms with Crippen molar-refractivity contribution in [1.29, 1.82) is 0 Å². The number of nitrogens with one attached hydrogen (secondary N) is 1. The van der Waals surface area contributed by atoms with Gasteiger partial charge in [-0.25, -0.2) is 0 Å². The summed E-state index contributed by atoms with van der Waals surface area (Å²) in [4.78, 5) is 0. The molecule has 1 heterocycles. The van der Waals surface area contributed by atoms with Crippen LogP contribution in [0.25, 0.3) is 0 Å². The maximum Gasteiger partial charge on any atom is 0.219 e. The smallest absolute Gasteiger partial charge is 0.219 e. The number of hydrogen-bond acceptors (Lipinski definition) is 4. The molecule has 1 fully saturated rings. The third-order valence-electron chi connectivity index (χ3n) is 3.50. The lowest BCUT2D eigenvalue weighted by molar-refractivity contribution is 0.392. The molecule has 0 aromatic carbocycles. The highest BCUT2D eigenvalue weighted by molar-refractivity contribution is 4.92. The van der Waals surface area contributed by atoms with E-state index in [0.29, 0.717) is 5.92 Å². The highest BCUT2D eigenvalue weighted by Gasteiger charge is 2.19. The zero-order valence-corrected chi connectivity index (χ0v) is 10.7. The first-order valence-electron chi connectivity index (χ1n) is 6.87. The standard InChI is InChI=1S/C13H23N3O/c1-14-10-6-9-12-15-16-13(17-12)11-7-4-2-3-5-8-11/h11,14H,2-10H2,1H3. The fraction of sp³-hybridized carbons (Fsp3) is 0.846. The van der Waals surface area contributed by atoms with Crippen molar-refractivity contribution in [2.45, 2.75) is 57.3 Å². The van der Waals surface area contributed by atoms with Crippen LogP contribution in [0.2, 0.25) is 0 Å². The summed E-state index contributed by atoms with van der Waals surface area (Å²) in [5.74, 6) is 2.20. The first kappa shape index (κ1) is 12.6. The second kappa shape index (κ2) is 6.74. The van der Waals surface area contributed by atoms with Gasteiger partial charge in [-0.05, 0) is 32.9 Å². The van der Waals surface area contributed by atoms with Gasteiger partial charge in [0.15, 0.2) is 0 Å². The molecule has 1 aromatic heterocycles. The Bertz CT molecular complexity index is 316. The van der Waals surface area contributed by atoms with Gasteiger partial charge in [0.25, 0.3) is 0 Å². The van der Waals surface area contributed by atoms with Gasteiger partial charge in [0, 0.05) is 12.3 Å². The second-order valence-electron chi connectivity index (χ2n) is 4.93. The van der Waals surface area contributed by atoms with Crippen LogP contribution >= 0.6 is 0 Å². The minimum atomic E-state index is 0.517.